The van der Waals surface area contributed by atoms with Gasteiger partial charge in [-0.2, -0.15) is 0 Å². The first kappa shape index (κ1) is 37.0. The van der Waals surface area contributed by atoms with Crippen molar-refractivity contribution in [2.45, 2.75) is 0 Å². The standard InChI is InChI=1S/C14H9ClF2O2.C7H4Cl2O.C7H6F2O.CH2Cl2/c1-19-13-7-11(16)9(6-12(13)17)14(18)8-4-2-3-5-10(8)15;8-6-4-2-1-3-5(6)7(9)10;1-10-7-4-5(8)2-3-6(7)9;2-1-3/h2-7H,1H3;1-4H;2-4H,1H3;1H2. The van der Waals surface area contributed by atoms with E-state index < -0.39 is 34.3 Å². The summed E-state index contributed by atoms with van der Waals surface area (Å²) in [5, 5.41) is 0.247. The first-order valence-corrected chi connectivity index (χ1v) is 13.5. The second-order valence-electron chi connectivity index (χ2n) is 7.41. The molecule has 4 aromatic rings. The lowest BCUT2D eigenvalue weighted by Crippen LogP contribution is -2.06. The van der Waals surface area contributed by atoms with E-state index in [0.717, 1.165) is 30.3 Å². The first-order valence-electron chi connectivity index (χ1n) is 11.3. The molecule has 0 aromatic heterocycles. The number of alkyl halides is 2. The van der Waals surface area contributed by atoms with Crippen molar-refractivity contribution >= 4 is 69.0 Å². The SMILES string of the molecule is COc1cc(F)c(C(=O)c2ccccc2Cl)cc1F.COc1cc(F)ccc1F.ClCCl.O=C(Cl)c1ccccc1Cl. The van der Waals surface area contributed by atoms with Crippen LogP contribution in [-0.2, 0) is 0 Å². The van der Waals surface area contributed by atoms with Gasteiger partial charge in [0.15, 0.2) is 28.9 Å². The van der Waals surface area contributed by atoms with Crippen molar-refractivity contribution in [2.24, 2.45) is 0 Å². The summed E-state index contributed by atoms with van der Waals surface area (Å²) in [6, 6.07) is 17.5. The van der Waals surface area contributed by atoms with Crippen LogP contribution in [0.15, 0.2) is 78.9 Å². The molecular weight excluding hydrogens is 666 g/mol. The van der Waals surface area contributed by atoms with E-state index >= 15 is 0 Å². The predicted molar refractivity (Wildman–Crippen MR) is 159 cm³/mol. The van der Waals surface area contributed by atoms with Crippen LogP contribution in [0.2, 0.25) is 10.0 Å². The van der Waals surface area contributed by atoms with Crippen LogP contribution in [0.1, 0.15) is 26.3 Å². The van der Waals surface area contributed by atoms with E-state index in [1.807, 2.05) is 0 Å². The summed E-state index contributed by atoms with van der Waals surface area (Å²) in [5.41, 5.74) is 0.0878. The van der Waals surface area contributed by atoms with Gasteiger partial charge in [0.2, 0.25) is 0 Å². The van der Waals surface area contributed by atoms with Gasteiger partial charge >= 0.3 is 0 Å². The van der Waals surface area contributed by atoms with E-state index in [9.17, 15) is 27.2 Å². The maximum atomic E-state index is 13.8. The van der Waals surface area contributed by atoms with Crippen LogP contribution >= 0.6 is 58.0 Å². The molecule has 0 aliphatic heterocycles. The number of hydrogen-bond acceptors (Lipinski definition) is 4. The van der Waals surface area contributed by atoms with Crippen LogP contribution in [0.3, 0.4) is 0 Å². The Kier molecular flexibility index (Phi) is 16.9. The highest BCUT2D eigenvalue weighted by Crippen LogP contribution is 2.25. The predicted octanol–water partition coefficient (Wildman–Crippen LogP) is 9.97. The van der Waals surface area contributed by atoms with Crippen LogP contribution in [0.25, 0.3) is 0 Å². The Bertz CT molecular complexity index is 1490. The average Bonchev–Trinajstić information content (AvgIpc) is 2.96. The molecule has 4 aromatic carbocycles. The van der Waals surface area contributed by atoms with Crippen LogP contribution < -0.4 is 9.47 Å². The molecule has 0 aliphatic carbocycles. The zero-order valence-electron chi connectivity index (χ0n) is 21.7. The highest BCUT2D eigenvalue weighted by atomic mass is 35.5. The van der Waals surface area contributed by atoms with Gasteiger partial charge in [-0.1, -0.05) is 47.5 Å². The van der Waals surface area contributed by atoms with Crippen molar-refractivity contribution in [3.63, 3.8) is 0 Å². The molecule has 4 nitrogen and oxygen atoms in total. The van der Waals surface area contributed by atoms with Crippen LogP contribution in [0.5, 0.6) is 11.5 Å². The number of rotatable bonds is 5. The molecule has 0 atom stereocenters. The number of carbonyl (C=O) groups is 2. The van der Waals surface area contributed by atoms with Gasteiger partial charge in [0.05, 0.1) is 40.7 Å². The lowest BCUT2D eigenvalue weighted by molar-refractivity contribution is 0.103. The third-order valence-corrected chi connectivity index (χ3v) is 5.67. The van der Waals surface area contributed by atoms with Crippen molar-refractivity contribution in [3.8, 4) is 11.5 Å². The van der Waals surface area contributed by atoms with Crippen molar-refractivity contribution < 1.29 is 36.6 Å². The van der Waals surface area contributed by atoms with Gasteiger partial charge in [-0.05, 0) is 54.1 Å². The number of carbonyl (C=O) groups excluding carboxylic acids is 2. The molecule has 0 fully saturated rings. The molecule has 0 heterocycles. The Labute approximate surface area is 264 Å². The van der Waals surface area contributed by atoms with Gasteiger partial charge in [0.25, 0.3) is 5.24 Å². The number of methoxy groups -OCH3 is 2. The van der Waals surface area contributed by atoms with Gasteiger partial charge in [0.1, 0.15) is 11.6 Å². The zero-order valence-corrected chi connectivity index (χ0v) is 25.5. The van der Waals surface area contributed by atoms with E-state index in [-0.39, 0.29) is 33.0 Å². The summed E-state index contributed by atoms with van der Waals surface area (Å²) in [4.78, 5) is 22.7. The monoisotopic (exact) mass is 684 g/mol. The third kappa shape index (κ3) is 11.7. The quantitative estimate of drug-likeness (QED) is 0.0908. The van der Waals surface area contributed by atoms with Gasteiger partial charge in [-0.3, -0.25) is 9.59 Å². The molecule has 13 heteroatoms. The van der Waals surface area contributed by atoms with E-state index in [1.165, 1.54) is 26.4 Å². The summed E-state index contributed by atoms with van der Waals surface area (Å²) in [5.74, 6) is -3.72. The van der Waals surface area contributed by atoms with Crippen molar-refractivity contribution in [1.82, 2.24) is 0 Å². The summed E-state index contributed by atoms with van der Waals surface area (Å²) in [7, 11) is 2.51. The number of hydrogen-bond donors (Lipinski definition) is 0. The van der Waals surface area contributed by atoms with Crippen molar-refractivity contribution in [2.75, 3.05) is 19.6 Å². The highest BCUT2D eigenvalue weighted by Gasteiger charge is 2.19. The molecule has 0 saturated heterocycles. The highest BCUT2D eigenvalue weighted by molar-refractivity contribution is 6.68. The summed E-state index contributed by atoms with van der Waals surface area (Å²) < 4.78 is 61.2. The third-order valence-electron chi connectivity index (χ3n) is 4.80. The Morgan fingerprint density at radius 3 is 1.55 bits per heavy atom. The average molecular weight is 687 g/mol. The fourth-order valence-corrected chi connectivity index (χ4v) is 3.56. The first-order chi connectivity index (χ1) is 19.9. The number of ether oxygens (including phenoxy) is 2. The normalized spacial score (nSPS) is 9.60. The van der Waals surface area contributed by atoms with Gasteiger partial charge in [0, 0.05) is 17.7 Å². The van der Waals surface area contributed by atoms with Gasteiger partial charge in [-0.15, -0.1) is 23.2 Å². The molecule has 0 aliphatic rings. The molecule has 42 heavy (non-hydrogen) atoms. The topological polar surface area (TPSA) is 52.6 Å². The second kappa shape index (κ2) is 19.2. The summed E-state index contributed by atoms with van der Waals surface area (Å²) >= 11 is 26.2. The maximum Gasteiger partial charge on any atom is 0.253 e. The molecule has 224 valence electrons. The van der Waals surface area contributed by atoms with Crippen molar-refractivity contribution in [3.05, 3.63) is 129 Å². The van der Waals surface area contributed by atoms with Gasteiger partial charge in [-0.25, -0.2) is 17.6 Å². The molecular formula is C29H21Cl5F4O4. The largest absolute Gasteiger partial charge is 0.494 e. The molecule has 0 unspecified atom stereocenters. The van der Waals surface area contributed by atoms with Crippen LogP contribution in [-0.4, -0.2) is 30.6 Å². The molecule has 0 saturated carbocycles. The Morgan fingerprint density at radius 1 is 0.643 bits per heavy atom. The molecule has 0 spiro atoms. The van der Waals surface area contributed by atoms with Crippen LogP contribution in [0, 0.1) is 23.3 Å². The van der Waals surface area contributed by atoms with Crippen molar-refractivity contribution in [1.29, 1.82) is 0 Å². The molecule has 0 amide bonds. The van der Waals surface area contributed by atoms with E-state index in [0.29, 0.717) is 10.6 Å². The lowest BCUT2D eigenvalue weighted by Gasteiger charge is -2.07. The molecule has 0 radical (unpaired) electrons. The minimum Gasteiger partial charge on any atom is -0.494 e. The second-order valence-corrected chi connectivity index (χ2v) is 9.37. The number of ketones is 1. The fourth-order valence-electron chi connectivity index (χ4n) is 2.90. The minimum absolute atomic E-state index is 0.0694. The molecule has 4 rings (SSSR count). The summed E-state index contributed by atoms with van der Waals surface area (Å²) in [6.45, 7) is 0. The number of halogens is 9. The van der Waals surface area contributed by atoms with E-state index in [2.05, 4.69) is 9.47 Å². The summed E-state index contributed by atoms with van der Waals surface area (Å²) in [6.07, 6.45) is 0. The molecule has 0 N–H and O–H groups in total. The lowest BCUT2D eigenvalue weighted by atomic mass is 10.0. The van der Waals surface area contributed by atoms with Crippen LogP contribution in [0.4, 0.5) is 17.6 Å². The Hall–Kier alpha value is -3.01. The zero-order chi connectivity index (χ0) is 31.8. The van der Waals surface area contributed by atoms with Gasteiger partial charge < -0.3 is 9.47 Å². The smallest absolute Gasteiger partial charge is 0.253 e. The minimum atomic E-state index is -0.858. The molecule has 0 bridgehead atoms. The number of benzene rings is 4. The van der Waals surface area contributed by atoms with E-state index in [1.54, 1.807) is 36.4 Å². The maximum absolute atomic E-state index is 13.8. The van der Waals surface area contributed by atoms with E-state index in [4.69, 9.17) is 58.0 Å². The Balaban J connectivity index is 0.000000325. The Morgan fingerprint density at radius 2 is 1.12 bits per heavy atom. The fraction of sp³-hybridized carbons (Fsp3) is 0.103.